The van der Waals surface area contributed by atoms with E-state index in [1.165, 1.54) is 19.1 Å². The van der Waals surface area contributed by atoms with Crippen molar-refractivity contribution in [2.75, 3.05) is 15.8 Å². The molecule has 0 aliphatic carbocycles. The Labute approximate surface area is 201 Å². The number of halogens is 3. The van der Waals surface area contributed by atoms with E-state index < -0.39 is 44.9 Å². The molecule has 0 aliphatic heterocycles. The average molecular weight is 514 g/mol. The van der Waals surface area contributed by atoms with Crippen LogP contribution in [0.2, 0.25) is 0 Å². The van der Waals surface area contributed by atoms with Gasteiger partial charge in [0.05, 0.1) is 34.3 Å². The molecule has 0 atom stereocenters. The first kappa shape index (κ1) is 27.8. The molecular weight excluding hydrogens is 487 g/mol. The van der Waals surface area contributed by atoms with Crippen LogP contribution in [0.5, 0.6) is 11.5 Å². The lowest BCUT2D eigenvalue weighted by Crippen LogP contribution is -2.23. The minimum Gasteiger partial charge on any atom is -0.507 e. The zero-order valence-corrected chi connectivity index (χ0v) is 20.6. The highest BCUT2D eigenvalue weighted by Gasteiger charge is 2.33. The van der Waals surface area contributed by atoms with E-state index in [0.29, 0.717) is 6.42 Å². The number of rotatable bonds is 7. The molecule has 0 spiro atoms. The molecule has 2 aromatic carbocycles. The SMILES string of the molecule is CCCS(=O)(=O)Nc1cc(C(C)(C)C)c(O)c(C(=O)Nc2ccc(C#N)cc2OC(F)(F)F)c1C. The van der Waals surface area contributed by atoms with Crippen molar-refractivity contribution >= 4 is 27.3 Å². The molecule has 1 amide bonds. The van der Waals surface area contributed by atoms with Gasteiger partial charge >= 0.3 is 6.36 Å². The number of nitrogens with zero attached hydrogens (tertiary/aromatic N) is 1. The van der Waals surface area contributed by atoms with Gasteiger partial charge in [0.25, 0.3) is 5.91 Å². The van der Waals surface area contributed by atoms with Gasteiger partial charge in [0.2, 0.25) is 10.0 Å². The molecule has 0 saturated carbocycles. The average Bonchev–Trinajstić information content (AvgIpc) is 2.69. The summed E-state index contributed by atoms with van der Waals surface area (Å²) in [5, 5.41) is 22.2. The number of carbonyl (C=O) groups is 1. The summed E-state index contributed by atoms with van der Waals surface area (Å²) in [6.07, 6.45) is -4.75. The summed E-state index contributed by atoms with van der Waals surface area (Å²) in [4.78, 5) is 13.2. The van der Waals surface area contributed by atoms with Gasteiger partial charge in [-0.1, -0.05) is 27.7 Å². The number of alkyl halides is 3. The molecular formula is C23H26F3N3O5S. The van der Waals surface area contributed by atoms with Crippen molar-refractivity contribution in [2.45, 2.75) is 52.8 Å². The van der Waals surface area contributed by atoms with Crippen LogP contribution in [-0.2, 0) is 15.4 Å². The molecule has 0 aliphatic rings. The van der Waals surface area contributed by atoms with E-state index in [2.05, 4.69) is 14.8 Å². The standard InChI is InChI=1S/C23H26F3N3O5S/c1-6-9-35(32,33)29-17-11-15(22(3,4)5)20(30)19(13(17)2)21(31)28-16-8-7-14(12-27)10-18(16)34-23(24,25)26/h7-8,10-11,29-30H,6,9H2,1-5H3,(H,28,31). The molecule has 3 N–H and O–H groups in total. The van der Waals surface area contributed by atoms with Crippen LogP contribution in [0.3, 0.4) is 0 Å². The van der Waals surface area contributed by atoms with E-state index in [9.17, 15) is 31.5 Å². The minimum atomic E-state index is -5.09. The van der Waals surface area contributed by atoms with Crippen LogP contribution in [-0.4, -0.2) is 31.5 Å². The monoisotopic (exact) mass is 513 g/mol. The maximum atomic E-state index is 13.2. The molecule has 0 heterocycles. The second-order valence-electron chi connectivity index (χ2n) is 8.82. The summed E-state index contributed by atoms with van der Waals surface area (Å²) in [6, 6.07) is 6.16. The van der Waals surface area contributed by atoms with Crippen LogP contribution in [0.4, 0.5) is 24.5 Å². The number of ether oxygens (including phenoxy) is 1. The Balaban J connectivity index is 2.65. The largest absolute Gasteiger partial charge is 0.573 e. The van der Waals surface area contributed by atoms with Crippen molar-refractivity contribution in [3.8, 4) is 17.6 Å². The Morgan fingerprint density at radius 1 is 1.17 bits per heavy atom. The van der Waals surface area contributed by atoms with Gasteiger partial charge in [-0.3, -0.25) is 9.52 Å². The first-order chi connectivity index (χ1) is 16.0. The number of phenolic OH excluding ortho intramolecular Hbond substituents is 1. The van der Waals surface area contributed by atoms with Gasteiger partial charge in [-0.15, -0.1) is 13.2 Å². The van der Waals surface area contributed by atoms with Crippen molar-refractivity contribution in [2.24, 2.45) is 0 Å². The van der Waals surface area contributed by atoms with Crippen molar-refractivity contribution in [3.63, 3.8) is 0 Å². The normalized spacial score (nSPS) is 12.1. The highest BCUT2D eigenvalue weighted by molar-refractivity contribution is 7.92. The molecule has 0 radical (unpaired) electrons. The Bertz CT molecular complexity index is 1280. The van der Waals surface area contributed by atoms with E-state index >= 15 is 0 Å². The second kappa shape index (κ2) is 10.0. The molecule has 0 bridgehead atoms. The topological polar surface area (TPSA) is 129 Å². The van der Waals surface area contributed by atoms with Crippen LogP contribution < -0.4 is 14.8 Å². The first-order valence-electron chi connectivity index (χ1n) is 10.5. The van der Waals surface area contributed by atoms with E-state index in [-0.39, 0.29) is 33.7 Å². The third-order valence-corrected chi connectivity index (χ3v) is 6.39. The van der Waals surface area contributed by atoms with Gasteiger partial charge in [0, 0.05) is 11.6 Å². The third-order valence-electron chi connectivity index (χ3n) is 4.92. The zero-order valence-electron chi connectivity index (χ0n) is 19.8. The Morgan fingerprint density at radius 2 is 1.80 bits per heavy atom. The van der Waals surface area contributed by atoms with Crippen molar-refractivity contribution in [3.05, 3.63) is 46.5 Å². The van der Waals surface area contributed by atoms with Crippen LogP contribution in [0, 0.1) is 18.3 Å². The van der Waals surface area contributed by atoms with Gasteiger partial charge in [0.15, 0.2) is 5.75 Å². The second-order valence-corrected chi connectivity index (χ2v) is 10.7. The number of aromatic hydroxyl groups is 1. The van der Waals surface area contributed by atoms with Crippen LogP contribution >= 0.6 is 0 Å². The molecule has 2 aromatic rings. The van der Waals surface area contributed by atoms with Crippen molar-refractivity contribution in [1.82, 2.24) is 0 Å². The number of sulfonamides is 1. The molecule has 0 aromatic heterocycles. The number of hydrogen-bond donors (Lipinski definition) is 3. The predicted molar refractivity (Wildman–Crippen MR) is 125 cm³/mol. The minimum absolute atomic E-state index is 0.0536. The zero-order chi connectivity index (χ0) is 26.8. The van der Waals surface area contributed by atoms with Crippen LogP contribution in [0.25, 0.3) is 0 Å². The third kappa shape index (κ3) is 7.02. The lowest BCUT2D eigenvalue weighted by molar-refractivity contribution is -0.274. The molecule has 35 heavy (non-hydrogen) atoms. The van der Waals surface area contributed by atoms with Crippen molar-refractivity contribution < 1.29 is 36.2 Å². The number of amides is 1. The van der Waals surface area contributed by atoms with Crippen LogP contribution in [0.1, 0.15) is 61.2 Å². The number of hydrogen-bond acceptors (Lipinski definition) is 6. The first-order valence-corrected chi connectivity index (χ1v) is 12.1. The van der Waals surface area contributed by atoms with Gasteiger partial charge in [-0.25, -0.2) is 8.42 Å². The smallest absolute Gasteiger partial charge is 0.507 e. The molecule has 2 rings (SSSR count). The summed E-state index contributed by atoms with van der Waals surface area (Å²) in [7, 11) is -3.76. The fraction of sp³-hybridized carbons (Fsp3) is 0.391. The molecule has 0 saturated heterocycles. The highest BCUT2D eigenvalue weighted by atomic mass is 32.2. The maximum Gasteiger partial charge on any atom is 0.573 e. The molecule has 0 unspecified atom stereocenters. The summed E-state index contributed by atoms with van der Waals surface area (Å²) < 4.78 is 69.8. The Hall–Kier alpha value is -3.46. The molecule has 12 heteroatoms. The number of nitrogens with one attached hydrogen (secondary N) is 2. The molecule has 8 nitrogen and oxygen atoms in total. The predicted octanol–water partition coefficient (Wildman–Crippen LogP) is 5.17. The van der Waals surface area contributed by atoms with E-state index in [4.69, 9.17) is 5.26 Å². The summed E-state index contributed by atoms with van der Waals surface area (Å²) in [6.45, 7) is 8.29. The van der Waals surface area contributed by atoms with Gasteiger partial charge in [0.1, 0.15) is 5.75 Å². The number of carbonyl (C=O) groups excluding carboxylic acids is 1. The van der Waals surface area contributed by atoms with Gasteiger partial charge < -0.3 is 15.2 Å². The quantitative estimate of drug-likeness (QED) is 0.438. The maximum absolute atomic E-state index is 13.2. The number of nitriles is 1. The number of benzene rings is 2. The van der Waals surface area contributed by atoms with Gasteiger partial charge in [-0.05, 0) is 42.5 Å². The Morgan fingerprint density at radius 3 is 2.31 bits per heavy atom. The van der Waals surface area contributed by atoms with Gasteiger partial charge in [-0.2, -0.15) is 5.26 Å². The Kier molecular flexibility index (Phi) is 7.96. The number of anilines is 2. The van der Waals surface area contributed by atoms with E-state index in [1.807, 2.05) is 0 Å². The summed E-state index contributed by atoms with van der Waals surface area (Å²) >= 11 is 0. The molecule has 190 valence electrons. The van der Waals surface area contributed by atoms with E-state index in [0.717, 1.165) is 12.1 Å². The lowest BCUT2D eigenvalue weighted by atomic mass is 9.83. The summed E-state index contributed by atoms with van der Waals surface area (Å²) in [5.74, 6) is -2.45. The highest BCUT2D eigenvalue weighted by Crippen LogP contribution is 2.40. The van der Waals surface area contributed by atoms with Crippen LogP contribution in [0.15, 0.2) is 24.3 Å². The van der Waals surface area contributed by atoms with Crippen molar-refractivity contribution in [1.29, 1.82) is 5.26 Å². The summed E-state index contributed by atoms with van der Waals surface area (Å²) in [5.41, 5.74) is -1.22. The van der Waals surface area contributed by atoms with E-state index in [1.54, 1.807) is 33.8 Å². The fourth-order valence-corrected chi connectivity index (χ4v) is 4.49. The lowest BCUT2D eigenvalue weighted by Gasteiger charge is -2.25. The molecule has 0 fully saturated rings. The fourth-order valence-electron chi connectivity index (χ4n) is 3.30. The number of phenols is 1.